The van der Waals surface area contributed by atoms with Gasteiger partial charge in [0.25, 0.3) is 5.91 Å². The lowest BCUT2D eigenvalue weighted by atomic mass is 10.2. The number of carbonyl (C=O) groups excluding carboxylic acids is 2. The first-order valence-corrected chi connectivity index (χ1v) is 5.53. The third kappa shape index (κ3) is 4.17. The Labute approximate surface area is 109 Å². The van der Waals surface area contributed by atoms with Crippen LogP contribution in [0.4, 0.5) is 14.5 Å². The van der Waals surface area contributed by atoms with Gasteiger partial charge in [-0.1, -0.05) is 0 Å². The highest BCUT2D eigenvalue weighted by Gasteiger charge is 2.11. The van der Waals surface area contributed by atoms with Crippen molar-refractivity contribution in [1.82, 2.24) is 0 Å². The average Bonchev–Trinajstić information content (AvgIpc) is 2.38. The van der Waals surface area contributed by atoms with E-state index in [1.807, 2.05) is 0 Å². The molecule has 0 aliphatic rings. The molecule has 1 aromatic rings. The minimum atomic E-state index is -1.05. The van der Waals surface area contributed by atoms with Gasteiger partial charge in [-0.3, -0.25) is 4.79 Å². The van der Waals surface area contributed by atoms with E-state index in [2.05, 4.69) is 4.74 Å². The quantitative estimate of drug-likeness (QED) is 0.621. The average molecular weight is 269 g/mol. The molecule has 19 heavy (non-hydrogen) atoms. The van der Waals surface area contributed by atoms with Crippen LogP contribution < -0.4 is 4.90 Å². The molecule has 0 aromatic heterocycles. The van der Waals surface area contributed by atoms with E-state index in [-0.39, 0.29) is 12.3 Å². The molecule has 102 valence electrons. The van der Waals surface area contributed by atoms with Crippen molar-refractivity contribution in [2.75, 3.05) is 18.6 Å². The lowest BCUT2D eigenvalue weighted by molar-refractivity contribution is -0.137. The van der Waals surface area contributed by atoms with Crippen LogP contribution in [0.3, 0.4) is 0 Å². The van der Waals surface area contributed by atoms with Crippen LogP contribution in [0.15, 0.2) is 30.4 Å². The summed E-state index contributed by atoms with van der Waals surface area (Å²) in [5, 5.41) is 0. The zero-order chi connectivity index (χ0) is 14.4. The zero-order valence-corrected chi connectivity index (χ0v) is 10.5. The maximum atomic E-state index is 13.0. The van der Waals surface area contributed by atoms with Crippen LogP contribution in [0.1, 0.15) is 6.92 Å². The first-order valence-electron chi connectivity index (χ1n) is 5.53. The number of anilines is 1. The van der Waals surface area contributed by atoms with Gasteiger partial charge in [0.05, 0.1) is 6.61 Å². The lowest BCUT2D eigenvalue weighted by Crippen LogP contribution is -2.24. The fourth-order valence-electron chi connectivity index (χ4n) is 1.26. The molecule has 4 nitrogen and oxygen atoms in total. The Morgan fingerprint density at radius 3 is 2.53 bits per heavy atom. The summed E-state index contributed by atoms with van der Waals surface area (Å²) in [7, 11) is 1.38. The van der Waals surface area contributed by atoms with E-state index in [0.717, 1.165) is 29.2 Å². The van der Waals surface area contributed by atoms with Gasteiger partial charge in [0.15, 0.2) is 11.6 Å². The predicted molar refractivity (Wildman–Crippen MR) is 65.5 cm³/mol. The zero-order valence-electron chi connectivity index (χ0n) is 10.5. The molecular weight excluding hydrogens is 256 g/mol. The Kier molecular flexibility index (Phi) is 5.17. The number of hydrogen-bond donors (Lipinski definition) is 0. The maximum Gasteiger partial charge on any atom is 0.330 e. The third-order valence-electron chi connectivity index (χ3n) is 2.27. The van der Waals surface area contributed by atoms with E-state index < -0.39 is 23.5 Å². The van der Waals surface area contributed by atoms with Gasteiger partial charge >= 0.3 is 5.97 Å². The van der Waals surface area contributed by atoms with Gasteiger partial charge in [-0.15, -0.1) is 0 Å². The predicted octanol–water partition coefficient (Wildman–Crippen LogP) is 2.05. The van der Waals surface area contributed by atoms with Gasteiger partial charge in [0.1, 0.15) is 0 Å². The van der Waals surface area contributed by atoms with Gasteiger partial charge in [0, 0.05) is 31.0 Å². The Morgan fingerprint density at radius 1 is 1.26 bits per heavy atom. The summed E-state index contributed by atoms with van der Waals surface area (Å²) in [4.78, 5) is 23.8. The number of carbonyl (C=O) groups is 2. The first-order chi connectivity index (χ1) is 8.95. The Morgan fingerprint density at radius 2 is 1.95 bits per heavy atom. The Hall–Kier alpha value is -2.24. The Bertz CT molecular complexity index is 515. The smallest absolute Gasteiger partial charge is 0.330 e. The fraction of sp³-hybridized carbons (Fsp3) is 0.231. The number of halogens is 2. The van der Waals surface area contributed by atoms with Crippen LogP contribution in [0.25, 0.3) is 0 Å². The van der Waals surface area contributed by atoms with E-state index in [4.69, 9.17) is 0 Å². The number of likely N-dealkylation sites (N-methyl/N-ethyl adjacent to an activating group) is 1. The van der Waals surface area contributed by atoms with Gasteiger partial charge in [-0.2, -0.15) is 0 Å². The molecule has 0 saturated heterocycles. The van der Waals surface area contributed by atoms with Gasteiger partial charge in [0.2, 0.25) is 0 Å². The number of rotatable bonds is 4. The highest BCUT2D eigenvalue weighted by atomic mass is 19.2. The summed E-state index contributed by atoms with van der Waals surface area (Å²) in [6.45, 7) is 1.84. The third-order valence-corrected chi connectivity index (χ3v) is 2.27. The van der Waals surface area contributed by atoms with Gasteiger partial charge < -0.3 is 9.64 Å². The standard InChI is InChI=1S/C13H13F2NO3/c1-3-19-13(18)7-6-12(17)16(2)9-4-5-10(14)11(15)8-9/h4-8H,3H2,1-2H3/b7-6+. The maximum absolute atomic E-state index is 13.0. The molecule has 0 bridgehead atoms. The number of nitrogens with zero attached hydrogens (tertiary/aromatic N) is 1. The second kappa shape index (κ2) is 6.63. The van der Waals surface area contributed by atoms with Crippen molar-refractivity contribution in [2.45, 2.75) is 6.92 Å². The van der Waals surface area contributed by atoms with Crippen molar-refractivity contribution >= 4 is 17.6 Å². The minimum Gasteiger partial charge on any atom is -0.463 e. The summed E-state index contributed by atoms with van der Waals surface area (Å²) in [6, 6.07) is 3.07. The summed E-state index contributed by atoms with van der Waals surface area (Å²) in [5.41, 5.74) is 0.178. The van der Waals surface area contributed by atoms with E-state index >= 15 is 0 Å². The number of ether oxygens (including phenoxy) is 1. The van der Waals surface area contributed by atoms with E-state index in [9.17, 15) is 18.4 Å². The summed E-state index contributed by atoms with van der Waals surface area (Å²) < 4.78 is 30.4. The molecule has 1 aromatic carbocycles. The number of benzene rings is 1. The number of esters is 1. The molecule has 0 radical (unpaired) electrons. The first kappa shape index (κ1) is 14.8. The minimum absolute atomic E-state index is 0.178. The van der Waals surface area contributed by atoms with E-state index in [0.29, 0.717) is 0 Å². The molecule has 0 spiro atoms. The van der Waals surface area contributed by atoms with Gasteiger partial charge in [-0.25, -0.2) is 13.6 Å². The largest absolute Gasteiger partial charge is 0.463 e. The monoisotopic (exact) mass is 269 g/mol. The van der Waals surface area contributed by atoms with Crippen LogP contribution in [0, 0.1) is 11.6 Å². The van der Waals surface area contributed by atoms with Crippen molar-refractivity contribution in [3.63, 3.8) is 0 Å². The molecule has 0 heterocycles. The lowest BCUT2D eigenvalue weighted by Gasteiger charge is -2.15. The Balaban J connectivity index is 2.76. The molecule has 0 saturated carbocycles. The van der Waals surface area contributed by atoms with Crippen LogP contribution in [-0.4, -0.2) is 25.5 Å². The van der Waals surface area contributed by atoms with Crippen molar-refractivity contribution in [2.24, 2.45) is 0 Å². The molecule has 6 heteroatoms. The SMILES string of the molecule is CCOC(=O)/C=C/C(=O)N(C)c1ccc(F)c(F)c1. The fourth-order valence-corrected chi connectivity index (χ4v) is 1.26. The van der Waals surface area contributed by atoms with Crippen molar-refractivity contribution in [1.29, 1.82) is 0 Å². The molecule has 0 atom stereocenters. The summed E-state index contributed by atoms with van der Waals surface area (Å²) in [6.07, 6.45) is 1.97. The molecule has 1 amide bonds. The normalized spacial score (nSPS) is 10.5. The molecule has 0 fully saturated rings. The molecule has 0 aliphatic heterocycles. The van der Waals surface area contributed by atoms with Crippen LogP contribution in [-0.2, 0) is 14.3 Å². The topological polar surface area (TPSA) is 46.6 Å². The van der Waals surface area contributed by atoms with Crippen molar-refractivity contribution < 1.29 is 23.1 Å². The number of hydrogen-bond acceptors (Lipinski definition) is 3. The second-order valence-electron chi connectivity index (χ2n) is 3.58. The van der Waals surface area contributed by atoms with Gasteiger partial charge in [-0.05, 0) is 19.1 Å². The molecular formula is C13H13F2NO3. The molecule has 1 rings (SSSR count). The molecule has 0 unspecified atom stereocenters. The molecule has 0 N–H and O–H groups in total. The molecule has 0 aliphatic carbocycles. The summed E-state index contributed by atoms with van der Waals surface area (Å²) in [5.74, 6) is -3.24. The highest BCUT2D eigenvalue weighted by Crippen LogP contribution is 2.16. The summed E-state index contributed by atoms with van der Waals surface area (Å²) >= 11 is 0. The second-order valence-corrected chi connectivity index (χ2v) is 3.58. The number of amides is 1. The van der Waals surface area contributed by atoms with E-state index in [1.165, 1.54) is 13.1 Å². The van der Waals surface area contributed by atoms with E-state index in [1.54, 1.807) is 6.92 Å². The van der Waals surface area contributed by atoms with Crippen LogP contribution >= 0.6 is 0 Å². The van der Waals surface area contributed by atoms with Crippen molar-refractivity contribution in [3.8, 4) is 0 Å². The highest BCUT2D eigenvalue weighted by molar-refractivity contribution is 6.03. The van der Waals surface area contributed by atoms with Crippen LogP contribution in [0.5, 0.6) is 0 Å². The van der Waals surface area contributed by atoms with Crippen LogP contribution in [0.2, 0.25) is 0 Å². The van der Waals surface area contributed by atoms with Crippen molar-refractivity contribution in [3.05, 3.63) is 42.0 Å².